The van der Waals surface area contributed by atoms with E-state index in [4.69, 9.17) is 14.3 Å². The Morgan fingerprint density at radius 3 is 2.50 bits per heavy atom. The van der Waals surface area contributed by atoms with Crippen LogP contribution in [0.4, 0.5) is 0 Å². The Labute approximate surface area is 151 Å². The lowest BCUT2D eigenvalue weighted by Crippen LogP contribution is -2.09. The molecule has 2 aromatic carbocycles. The second kappa shape index (κ2) is 7.75. The lowest BCUT2D eigenvalue weighted by Gasteiger charge is -2.04. The summed E-state index contributed by atoms with van der Waals surface area (Å²) in [7, 11) is 0. The first kappa shape index (κ1) is 17.6. The Morgan fingerprint density at radius 2 is 1.85 bits per heavy atom. The molecule has 0 unspecified atom stereocenters. The van der Waals surface area contributed by atoms with Gasteiger partial charge in [0.1, 0.15) is 16.2 Å². The number of para-hydroxylation sites is 2. The number of aromatic nitrogens is 1. The zero-order valence-corrected chi connectivity index (χ0v) is 14.1. The van der Waals surface area contributed by atoms with Crippen molar-refractivity contribution in [2.45, 2.75) is 5.22 Å². The van der Waals surface area contributed by atoms with E-state index < -0.39 is 18.5 Å². The van der Waals surface area contributed by atoms with E-state index in [1.165, 1.54) is 6.08 Å². The van der Waals surface area contributed by atoms with Gasteiger partial charge in [-0.3, -0.25) is 0 Å². The fraction of sp³-hybridized carbons (Fsp3) is 0.0556. The maximum absolute atomic E-state index is 11.5. The van der Waals surface area contributed by atoms with Crippen LogP contribution in [0.3, 0.4) is 0 Å². The van der Waals surface area contributed by atoms with Gasteiger partial charge < -0.3 is 19.4 Å². The van der Waals surface area contributed by atoms with Crippen molar-refractivity contribution in [2.75, 3.05) is 6.61 Å². The van der Waals surface area contributed by atoms with E-state index in [0.717, 1.165) is 11.8 Å². The van der Waals surface area contributed by atoms with Crippen molar-refractivity contribution in [3.8, 4) is 5.75 Å². The maximum atomic E-state index is 11.5. The zero-order chi connectivity index (χ0) is 18.5. The third-order valence-electron chi connectivity index (χ3n) is 3.22. The summed E-state index contributed by atoms with van der Waals surface area (Å²) in [6.07, 6.45) is 1.48. The second-order valence-electron chi connectivity index (χ2n) is 5.11. The van der Waals surface area contributed by atoms with Gasteiger partial charge in [-0.15, -0.1) is 0 Å². The smallest absolute Gasteiger partial charge is 0.342 e. The van der Waals surface area contributed by atoms with Crippen LogP contribution in [0.25, 0.3) is 17.2 Å². The molecule has 0 fully saturated rings. The minimum Gasteiger partial charge on any atom is -0.482 e. The second-order valence-corrected chi connectivity index (χ2v) is 6.11. The van der Waals surface area contributed by atoms with Gasteiger partial charge in [0.05, 0.1) is 0 Å². The van der Waals surface area contributed by atoms with Gasteiger partial charge in [0.2, 0.25) is 0 Å². The predicted octanol–water partition coefficient (Wildman–Crippen LogP) is 3.51. The molecule has 0 atom stereocenters. The van der Waals surface area contributed by atoms with Crippen LogP contribution in [-0.2, 0) is 9.59 Å². The van der Waals surface area contributed by atoms with Gasteiger partial charge in [-0.2, -0.15) is 0 Å². The lowest BCUT2D eigenvalue weighted by molar-refractivity contribution is -0.139. The van der Waals surface area contributed by atoms with Crippen LogP contribution in [0.5, 0.6) is 5.75 Å². The number of aliphatic carboxylic acids is 2. The summed E-state index contributed by atoms with van der Waals surface area (Å²) in [5.74, 6) is -1.80. The highest BCUT2D eigenvalue weighted by Crippen LogP contribution is 2.30. The molecule has 8 heteroatoms. The number of carbonyl (C=O) groups is 2. The van der Waals surface area contributed by atoms with Crippen LogP contribution in [0, 0.1) is 0 Å². The van der Waals surface area contributed by atoms with E-state index in [1.54, 1.807) is 36.4 Å². The Kier molecular flexibility index (Phi) is 5.23. The molecular formula is C18H13NO6S. The first-order valence-corrected chi connectivity index (χ1v) is 8.26. The van der Waals surface area contributed by atoms with Gasteiger partial charge in [-0.1, -0.05) is 24.3 Å². The number of ether oxygens (including phenoxy) is 1. The molecule has 0 spiro atoms. The summed E-state index contributed by atoms with van der Waals surface area (Å²) in [6, 6.07) is 13.6. The summed E-state index contributed by atoms with van der Waals surface area (Å²) >= 11 is 0.911. The molecule has 3 rings (SSSR count). The van der Waals surface area contributed by atoms with Crippen LogP contribution in [0.1, 0.15) is 5.56 Å². The van der Waals surface area contributed by atoms with Crippen molar-refractivity contribution in [1.82, 2.24) is 4.98 Å². The quantitative estimate of drug-likeness (QED) is 0.480. The Balaban J connectivity index is 1.78. The number of thioether (sulfide) groups is 1. The molecule has 0 saturated heterocycles. The molecule has 1 heterocycles. The molecule has 0 aliphatic carbocycles. The van der Waals surface area contributed by atoms with Crippen molar-refractivity contribution in [2.24, 2.45) is 0 Å². The summed E-state index contributed by atoms with van der Waals surface area (Å²) in [5, 5.41) is 18.2. The summed E-state index contributed by atoms with van der Waals surface area (Å²) in [4.78, 5) is 26.3. The molecule has 0 bridgehead atoms. The monoisotopic (exact) mass is 371 g/mol. The largest absolute Gasteiger partial charge is 0.482 e. The summed E-state index contributed by atoms with van der Waals surface area (Å²) in [5.41, 5.74) is 1.85. The lowest BCUT2D eigenvalue weighted by atomic mass is 10.2. The number of oxazole rings is 1. The predicted molar refractivity (Wildman–Crippen MR) is 95.1 cm³/mol. The summed E-state index contributed by atoms with van der Waals surface area (Å²) < 4.78 is 10.6. The van der Waals surface area contributed by atoms with Gasteiger partial charge in [0, 0.05) is 0 Å². The highest BCUT2D eigenvalue weighted by Gasteiger charge is 2.14. The molecule has 2 N–H and O–H groups in total. The number of hydrogen-bond acceptors (Lipinski definition) is 6. The molecule has 3 aromatic rings. The maximum Gasteiger partial charge on any atom is 0.342 e. The van der Waals surface area contributed by atoms with Crippen LogP contribution in [0.15, 0.2) is 63.1 Å². The van der Waals surface area contributed by atoms with Crippen LogP contribution >= 0.6 is 11.8 Å². The molecular weight excluding hydrogens is 358 g/mol. The Morgan fingerprint density at radius 1 is 1.12 bits per heavy atom. The van der Waals surface area contributed by atoms with Gasteiger partial charge in [-0.25, -0.2) is 14.6 Å². The highest BCUT2D eigenvalue weighted by atomic mass is 32.2. The number of carboxylic acids is 2. The van der Waals surface area contributed by atoms with Crippen LogP contribution in [-0.4, -0.2) is 33.7 Å². The van der Waals surface area contributed by atoms with Crippen LogP contribution in [0.2, 0.25) is 0 Å². The molecule has 0 saturated carbocycles. The number of hydrogen-bond donors (Lipinski definition) is 2. The van der Waals surface area contributed by atoms with E-state index in [0.29, 0.717) is 22.4 Å². The number of fused-ring (bicyclic) bond motifs is 1. The van der Waals surface area contributed by atoms with Crippen molar-refractivity contribution >= 4 is 40.9 Å². The Hall–Kier alpha value is -3.26. The number of nitrogens with zero attached hydrogens (tertiary/aromatic N) is 1. The Bertz CT molecular complexity index is 944. The number of benzene rings is 2. The van der Waals surface area contributed by atoms with Crippen molar-refractivity contribution in [1.29, 1.82) is 0 Å². The van der Waals surface area contributed by atoms with Gasteiger partial charge >= 0.3 is 11.9 Å². The van der Waals surface area contributed by atoms with E-state index in [9.17, 15) is 14.7 Å². The molecule has 0 aliphatic heterocycles. The first-order valence-electron chi connectivity index (χ1n) is 7.44. The van der Waals surface area contributed by atoms with E-state index in [1.807, 2.05) is 12.1 Å². The highest BCUT2D eigenvalue weighted by molar-refractivity contribution is 8.03. The average Bonchev–Trinajstić information content (AvgIpc) is 3.02. The topological polar surface area (TPSA) is 110 Å². The van der Waals surface area contributed by atoms with Crippen LogP contribution < -0.4 is 4.74 Å². The van der Waals surface area contributed by atoms with E-state index in [2.05, 4.69) is 4.98 Å². The first-order chi connectivity index (χ1) is 12.5. The molecule has 0 aliphatic rings. The van der Waals surface area contributed by atoms with Crippen molar-refractivity contribution in [3.05, 3.63) is 59.0 Å². The molecule has 7 nitrogen and oxygen atoms in total. The minimum absolute atomic E-state index is 0.0377. The zero-order valence-electron chi connectivity index (χ0n) is 13.3. The minimum atomic E-state index is -1.11. The summed E-state index contributed by atoms with van der Waals surface area (Å²) in [6.45, 7) is -0.441. The molecule has 1 aromatic heterocycles. The fourth-order valence-electron chi connectivity index (χ4n) is 2.08. The fourth-order valence-corrected chi connectivity index (χ4v) is 2.83. The third kappa shape index (κ3) is 4.42. The van der Waals surface area contributed by atoms with Gasteiger partial charge in [0.15, 0.2) is 12.2 Å². The van der Waals surface area contributed by atoms with E-state index in [-0.39, 0.29) is 10.1 Å². The van der Waals surface area contributed by atoms with Crippen molar-refractivity contribution in [3.63, 3.8) is 0 Å². The normalized spacial score (nSPS) is 11.5. The number of carboxylic acid groups (broad SMARTS) is 2. The van der Waals surface area contributed by atoms with Crippen molar-refractivity contribution < 1.29 is 29.0 Å². The molecule has 26 heavy (non-hydrogen) atoms. The molecule has 0 radical (unpaired) electrons. The number of rotatable bonds is 7. The van der Waals surface area contributed by atoms with Gasteiger partial charge in [-0.05, 0) is 47.7 Å². The van der Waals surface area contributed by atoms with Gasteiger partial charge in [0.25, 0.3) is 5.22 Å². The van der Waals surface area contributed by atoms with E-state index >= 15 is 0 Å². The SMILES string of the molecule is O=C(O)COc1ccc(/C=C(\Sc2nc3ccccc3o2)C(=O)O)cc1. The third-order valence-corrected chi connectivity index (χ3v) is 4.08. The molecule has 0 amide bonds. The average molecular weight is 371 g/mol. The standard InChI is InChI=1S/C18H13NO6S/c20-16(21)10-24-12-7-5-11(6-8-12)9-15(17(22)23)26-18-19-13-3-1-2-4-14(13)25-18/h1-9H,10H2,(H,20,21)(H,22,23)/b15-9-. The molecule has 132 valence electrons.